The highest BCUT2D eigenvalue weighted by molar-refractivity contribution is 7.80. The lowest BCUT2D eigenvalue weighted by atomic mass is 9.77. The van der Waals surface area contributed by atoms with Gasteiger partial charge in [-0.25, -0.2) is 9.59 Å². The number of anilines is 2. The number of guanidine groups is 1. The number of hydrogen-bond acceptors (Lipinski definition) is 24. The summed E-state index contributed by atoms with van der Waals surface area (Å²) in [6.07, 6.45) is -1.60. The van der Waals surface area contributed by atoms with Gasteiger partial charge in [-0.05, 0) is 207 Å². The molecule has 0 bridgehead atoms. The molecule has 0 saturated carbocycles. The van der Waals surface area contributed by atoms with Crippen LogP contribution in [0.2, 0.25) is 0 Å². The van der Waals surface area contributed by atoms with Gasteiger partial charge in [0.1, 0.15) is 34.5 Å². The van der Waals surface area contributed by atoms with Crippen molar-refractivity contribution in [2.45, 2.75) is 166 Å². The minimum atomic E-state index is -1.52. The van der Waals surface area contributed by atoms with Crippen LogP contribution in [0, 0.1) is 29.1 Å². The number of aromatic hydroxyl groups is 4. The molecule has 0 fully saturated rings. The number of thiocarbonyl (C=S) groups is 1. The van der Waals surface area contributed by atoms with Crippen LogP contribution in [0.15, 0.2) is 163 Å². The predicted octanol–water partition coefficient (Wildman–Crippen LogP) is 9.38. The van der Waals surface area contributed by atoms with Gasteiger partial charge in [0.2, 0.25) is 40.7 Å². The number of nitrogens with one attached hydrogen (secondary N) is 10. The lowest BCUT2D eigenvalue weighted by Crippen LogP contribution is -2.48. The molecule has 35 heteroatoms. The molecule has 0 radical (unpaired) electrons. The maximum Gasteiger partial charge on any atom is 0.340 e. The predicted molar refractivity (Wildman–Crippen MR) is 502 cm³/mol. The SMILES string of the molecule is COc1cc2c(c(OC)c1OC)-c1ccc(NC(=O)[C@@H](CC(=O)[C@H](CC(C)C)NC(=O)[C@@H](CC(=O)[C@H](CCc3ccccc3)NC(=O)CCC(=O)[C@H](CCCNC(N)=O)NC(=O)[C@H](CO)CC(=O)[C@H](CCCNC(=N)N)NC(=O)CCNC(=S)Nc3ccc4c(c3)C(=O)OC43c4ccc(O)cc4Oc4cc(O)ccc43)Cc3ccc(O)cc3)Cc3ccc(O)cc3)c(=O)cc1[C@@H](C)CC2. The Labute approximate surface area is 779 Å². The van der Waals surface area contributed by atoms with E-state index in [2.05, 4.69) is 47.9 Å². The number of esters is 1. The number of fused-ring (bicyclic) bond motifs is 9. The van der Waals surface area contributed by atoms with Crippen LogP contribution in [0.1, 0.15) is 165 Å². The summed E-state index contributed by atoms with van der Waals surface area (Å²) in [4.78, 5) is 172. The van der Waals surface area contributed by atoms with E-state index in [0.717, 1.165) is 11.1 Å². The minimum absolute atomic E-state index is 0.00816. The molecule has 8 atom stereocenters. The Balaban J connectivity index is 0.749. The highest BCUT2D eigenvalue weighted by Gasteiger charge is 2.54. The standard InChI is InChI=1S/C99H114N12O22S/c1-54(2)42-78(82(120)46-61(44-58-19-26-65(114)27-20-58)92(124)110-77-35-30-68-69(52-83(77)121)55(3)16-22-59-48-86(129-4)90(130-5)91(131-6)89(59)68)111-93(125)60(43-57-17-24-64(113)25-18-57)45-80(118)76(34-21-56-12-8-7-9-13-56)108-87(122)37-36-79(117)74(14-11-40-104-97(102)128)109-94(126)62(53-112)47-81(119)75(15-10-39-103-96(100)101)107-88(123)38-41-105-98(134)106-63-23-31-71-70(49-63)95(127)133-99(71)72-32-28-66(115)50-84(72)132-85-51-67(116)29-33-73(85)99/h7-9,12-13,17-20,23-33,35,48-52,54-55,60-62,74-76,78,112-116H,10-11,14-16,21-22,34,36-47,53H2,1-6H3,(H,107,123)(H,108,122)(H,109,126)(H,111,125)(H4,100,101,103)(H3,102,104,128)(H2,105,106,134)(H,110,121,124)/t55-,60+,61+,62-,74-,75-,76-,78-/m0/s1. The fourth-order valence-corrected chi connectivity index (χ4v) is 17.3. The largest absolute Gasteiger partial charge is 0.508 e. The molecule has 0 saturated heterocycles. The van der Waals surface area contributed by atoms with Gasteiger partial charge in [-0.1, -0.05) is 87.5 Å². The number of hydrogen-bond donors (Lipinski definition) is 17. The van der Waals surface area contributed by atoms with Crippen molar-refractivity contribution in [1.29, 1.82) is 5.41 Å². The zero-order valence-electron chi connectivity index (χ0n) is 75.3. The van der Waals surface area contributed by atoms with Crippen molar-refractivity contribution in [2.75, 3.05) is 58.2 Å². The topological polar surface area (TPSA) is 536 Å². The number of rotatable bonds is 46. The summed E-state index contributed by atoms with van der Waals surface area (Å²) in [5.74, 6) is -10.5. The minimum Gasteiger partial charge on any atom is -0.508 e. The maximum atomic E-state index is 15.3. The first-order valence-corrected chi connectivity index (χ1v) is 44.8. The van der Waals surface area contributed by atoms with E-state index in [1.807, 2.05) is 39.0 Å². The lowest BCUT2D eigenvalue weighted by Gasteiger charge is -2.36. The van der Waals surface area contributed by atoms with Gasteiger partial charge in [0.05, 0.1) is 69.3 Å². The van der Waals surface area contributed by atoms with Crippen molar-refractivity contribution in [3.63, 3.8) is 0 Å². The molecule has 0 aromatic heterocycles. The van der Waals surface area contributed by atoms with Gasteiger partial charge < -0.3 is 109 Å². The first-order chi connectivity index (χ1) is 64.1. The van der Waals surface area contributed by atoms with Crippen molar-refractivity contribution in [3.05, 3.63) is 218 Å². The monoisotopic (exact) mass is 1850 g/mol. The highest BCUT2D eigenvalue weighted by atomic mass is 32.1. The third kappa shape index (κ3) is 26.0. The van der Waals surface area contributed by atoms with E-state index in [1.54, 1.807) is 72.8 Å². The normalized spacial score (nSPS) is 14.5. The number of amides is 7. The van der Waals surface area contributed by atoms with Crippen molar-refractivity contribution in [3.8, 4) is 62.9 Å². The number of aliphatic hydroxyl groups is 1. The number of urea groups is 1. The van der Waals surface area contributed by atoms with E-state index >= 15 is 14.4 Å². The van der Waals surface area contributed by atoms with E-state index in [0.29, 0.717) is 80.3 Å². The molecule has 11 rings (SSSR count). The highest BCUT2D eigenvalue weighted by Crippen LogP contribution is 2.58. The van der Waals surface area contributed by atoms with Crippen LogP contribution in [0.3, 0.4) is 0 Å². The molecule has 708 valence electrons. The fraction of sp³-hybridized carbons (Fsp3) is 0.374. The number of primary amides is 1. The van der Waals surface area contributed by atoms with Gasteiger partial charge in [0.25, 0.3) is 0 Å². The van der Waals surface area contributed by atoms with Gasteiger partial charge in [-0.15, -0.1) is 0 Å². The first kappa shape index (κ1) is 100. The number of aryl methyl sites for hydroxylation is 2. The van der Waals surface area contributed by atoms with Crippen molar-refractivity contribution < 1.29 is 102 Å². The lowest BCUT2D eigenvalue weighted by molar-refractivity contribution is -0.135. The molecule has 8 aromatic rings. The number of methoxy groups -OCH3 is 3. The summed E-state index contributed by atoms with van der Waals surface area (Å²) in [5, 5.41) is 84.6. The number of phenols is 4. The molecular weight excluding hydrogens is 1740 g/mol. The first-order valence-electron chi connectivity index (χ1n) is 44.4. The zero-order chi connectivity index (χ0) is 96.6. The van der Waals surface area contributed by atoms with E-state index in [1.165, 1.54) is 88.1 Å². The molecule has 3 aliphatic rings. The molecule has 2 aliphatic heterocycles. The van der Waals surface area contributed by atoms with Gasteiger partial charge >= 0.3 is 12.0 Å². The number of ketones is 4. The Morgan fingerprint density at radius 3 is 1.66 bits per heavy atom. The average Bonchev–Trinajstić information content (AvgIpc) is 1.38. The number of phenolic OH excluding ortho intramolecular Hbond substituents is 4. The van der Waals surface area contributed by atoms with E-state index < -0.39 is 156 Å². The van der Waals surface area contributed by atoms with Crippen LogP contribution < -0.4 is 83.7 Å². The number of aliphatic hydroxyl groups excluding tert-OH is 1. The number of Topliss-reactive ketones (excluding diaryl/α,β-unsaturated/α-hetero) is 4. The maximum absolute atomic E-state index is 15.3. The van der Waals surface area contributed by atoms with E-state index in [-0.39, 0.29) is 152 Å². The van der Waals surface area contributed by atoms with Crippen LogP contribution in [-0.4, -0.2) is 173 Å². The molecule has 1 spiro atoms. The van der Waals surface area contributed by atoms with Crippen molar-refractivity contribution in [2.24, 2.45) is 35.1 Å². The molecule has 7 amide bonds. The van der Waals surface area contributed by atoms with Gasteiger partial charge in [-0.2, -0.15) is 0 Å². The van der Waals surface area contributed by atoms with E-state index in [4.69, 9.17) is 52.8 Å². The molecule has 0 unspecified atom stereocenters. The molecule has 1 aliphatic carbocycles. The summed E-state index contributed by atoms with van der Waals surface area (Å²) in [7, 11) is 4.53. The molecule has 2 heterocycles. The van der Waals surface area contributed by atoms with Crippen LogP contribution in [-0.2, 0) is 79.2 Å². The smallest absolute Gasteiger partial charge is 0.340 e. The van der Waals surface area contributed by atoms with E-state index in [9.17, 15) is 68.7 Å². The van der Waals surface area contributed by atoms with Crippen LogP contribution >= 0.6 is 12.2 Å². The Morgan fingerprint density at radius 1 is 0.537 bits per heavy atom. The Morgan fingerprint density at radius 2 is 1.08 bits per heavy atom. The molecule has 134 heavy (non-hydrogen) atoms. The number of carbonyl (C=O) groups is 11. The third-order valence-electron chi connectivity index (χ3n) is 24.0. The second-order valence-corrected chi connectivity index (χ2v) is 34.5. The summed E-state index contributed by atoms with van der Waals surface area (Å²) in [5.41, 5.74) is 15.4. The Hall–Kier alpha value is -14.5. The third-order valence-corrected chi connectivity index (χ3v) is 24.2. The number of ether oxygens (including phenoxy) is 5. The molecule has 8 aromatic carbocycles. The fourth-order valence-electron chi connectivity index (χ4n) is 17.0. The quantitative estimate of drug-likeness (QED) is 0.00555. The number of carbonyl (C=O) groups excluding carboxylic acids is 11. The average molecular weight is 1860 g/mol. The van der Waals surface area contributed by atoms with Crippen LogP contribution in [0.4, 0.5) is 16.2 Å². The van der Waals surface area contributed by atoms with Gasteiger partial charge in [-0.3, -0.25) is 53.4 Å². The Kier molecular flexibility index (Phi) is 34.8. The van der Waals surface area contributed by atoms with Crippen molar-refractivity contribution >= 4 is 99.3 Å². The van der Waals surface area contributed by atoms with Crippen molar-refractivity contribution in [1.82, 2.24) is 37.2 Å². The number of benzene rings is 7. The summed E-state index contributed by atoms with van der Waals surface area (Å²) >= 11 is 5.58. The van der Waals surface area contributed by atoms with Gasteiger partial charge in [0.15, 0.2) is 51.3 Å². The summed E-state index contributed by atoms with van der Waals surface area (Å²) in [6, 6.07) is 35.1. The zero-order valence-corrected chi connectivity index (χ0v) is 76.1. The molecular formula is C99H114N12O22S. The second kappa shape index (κ2) is 46.6. The van der Waals surface area contributed by atoms with Crippen LogP contribution in [0.25, 0.3) is 11.1 Å². The molecule has 34 nitrogen and oxygen atoms in total. The second-order valence-electron chi connectivity index (χ2n) is 34.1. The number of nitrogens with two attached hydrogens (primary N) is 2. The Bertz CT molecular complexity index is 5710. The van der Waals surface area contributed by atoms with Crippen LogP contribution in [0.5, 0.6) is 51.7 Å². The summed E-state index contributed by atoms with van der Waals surface area (Å²) < 4.78 is 29.7. The summed E-state index contributed by atoms with van der Waals surface area (Å²) in [6.45, 7) is 4.70. The van der Waals surface area contributed by atoms with Gasteiger partial charge in [0, 0.05) is 110 Å². The molecule has 19 N–H and O–H groups in total.